The van der Waals surface area contributed by atoms with Gasteiger partial charge in [0.15, 0.2) is 0 Å². The van der Waals surface area contributed by atoms with E-state index < -0.39 is 0 Å². The van der Waals surface area contributed by atoms with Crippen molar-refractivity contribution in [2.45, 2.75) is 26.7 Å². The molecule has 0 saturated carbocycles. The molecule has 1 aromatic carbocycles. The van der Waals surface area contributed by atoms with Gasteiger partial charge in [0.1, 0.15) is 5.75 Å². The Morgan fingerprint density at radius 2 is 1.93 bits per heavy atom. The normalized spacial score (nSPS) is 11.8. The quantitative estimate of drug-likeness (QED) is 0.736. The second kappa shape index (κ2) is 6.08. The number of benzene rings is 1. The highest BCUT2D eigenvalue weighted by molar-refractivity contribution is 5.27. The van der Waals surface area contributed by atoms with Crippen LogP contribution < -0.4 is 4.74 Å². The summed E-state index contributed by atoms with van der Waals surface area (Å²) < 4.78 is 5.35. The van der Waals surface area contributed by atoms with Crippen LogP contribution in [0.5, 0.6) is 5.75 Å². The molecule has 80 valence electrons. The van der Waals surface area contributed by atoms with E-state index >= 15 is 0 Å². The van der Waals surface area contributed by atoms with E-state index in [-0.39, 0.29) is 5.92 Å². The Hall–Kier alpha value is -1.49. The average molecular weight is 203 g/mol. The molecule has 2 nitrogen and oxygen atoms in total. The molecule has 1 unspecified atom stereocenters. The summed E-state index contributed by atoms with van der Waals surface area (Å²) in [4.78, 5) is 0. The highest BCUT2D eigenvalue weighted by Gasteiger charge is 2.05. The largest absolute Gasteiger partial charge is 0.494 e. The second-order valence-corrected chi connectivity index (χ2v) is 3.52. The maximum atomic E-state index is 8.85. The van der Waals surface area contributed by atoms with E-state index in [4.69, 9.17) is 10.00 Å². The molecule has 1 atom stereocenters. The fourth-order valence-corrected chi connectivity index (χ4v) is 1.45. The van der Waals surface area contributed by atoms with E-state index in [1.54, 1.807) is 0 Å². The van der Waals surface area contributed by atoms with E-state index in [2.05, 4.69) is 6.07 Å². The summed E-state index contributed by atoms with van der Waals surface area (Å²) in [6, 6.07) is 10.3. The maximum absolute atomic E-state index is 8.85. The van der Waals surface area contributed by atoms with Gasteiger partial charge >= 0.3 is 0 Å². The van der Waals surface area contributed by atoms with Gasteiger partial charge in [0.25, 0.3) is 0 Å². The third-order valence-electron chi connectivity index (χ3n) is 2.39. The van der Waals surface area contributed by atoms with Crippen LogP contribution in [0, 0.1) is 17.2 Å². The molecule has 0 aliphatic rings. The van der Waals surface area contributed by atoms with Gasteiger partial charge in [-0.2, -0.15) is 5.26 Å². The van der Waals surface area contributed by atoms with Crippen molar-refractivity contribution in [1.29, 1.82) is 5.26 Å². The molecule has 1 aromatic rings. The van der Waals surface area contributed by atoms with Gasteiger partial charge in [-0.1, -0.05) is 19.1 Å². The van der Waals surface area contributed by atoms with E-state index in [1.165, 1.54) is 5.56 Å². The topological polar surface area (TPSA) is 33.0 Å². The maximum Gasteiger partial charge on any atom is 0.119 e. The smallest absolute Gasteiger partial charge is 0.119 e. The zero-order chi connectivity index (χ0) is 11.1. The first-order valence-corrected chi connectivity index (χ1v) is 5.41. The van der Waals surface area contributed by atoms with Crippen molar-refractivity contribution in [1.82, 2.24) is 0 Å². The van der Waals surface area contributed by atoms with E-state index in [1.807, 2.05) is 38.1 Å². The zero-order valence-electron chi connectivity index (χ0n) is 9.36. The Kier molecular flexibility index (Phi) is 4.70. The van der Waals surface area contributed by atoms with E-state index in [9.17, 15) is 0 Å². The number of rotatable bonds is 5. The predicted molar refractivity (Wildman–Crippen MR) is 60.7 cm³/mol. The minimum atomic E-state index is 0.128. The zero-order valence-corrected chi connectivity index (χ0v) is 9.36. The minimum Gasteiger partial charge on any atom is -0.494 e. The molecule has 0 N–H and O–H groups in total. The Labute approximate surface area is 91.5 Å². The molecule has 0 saturated heterocycles. The second-order valence-electron chi connectivity index (χ2n) is 3.52. The van der Waals surface area contributed by atoms with Crippen LogP contribution in [0.3, 0.4) is 0 Å². The Balaban J connectivity index is 2.60. The third kappa shape index (κ3) is 3.63. The van der Waals surface area contributed by atoms with Crippen molar-refractivity contribution in [3.63, 3.8) is 0 Å². The molecule has 0 heterocycles. The lowest BCUT2D eigenvalue weighted by atomic mass is 9.98. The highest BCUT2D eigenvalue weighted by Crippen LogP contribution is 2.16. The monoisotopic (exact) mass is 203 g/mol. The van der Waals surface area contributed by atoms with Crippen molar-refractivity contribution >= 4 is 0 Å². The first-order valence-electron chi connectivity index (χ1n) is 5.41. The lowest BCUT2D eigenvalue weighted by molar-refractivity contribution is 0.340. The molecule has 0 aliphatic carbocycles. The summed E-state index contributed by atoms with van der Waals surface area (Å²) in [5.41, 5.74) is 1.20. The van der Waals surface area contributed by atoms with Crippen LogP contribution in [0.1, 0.15) is 25.8 Å². The first kappa shape index (κ1) is 11.6. The highest BCUT2D eigenvalue weighted by atomic mass is 16.5. The van der Waals surface area contributed by atoms with Crippen LogP contribution in [0.2, 0.25) is 0 Å². The molecular weight excluding hydrogens is 186 g/mol. The molecule has 2 heteroatoms. The number of hydrogen-bond donors (Lipinski definition) is 0. The van der Waals surface area contributed by atoms with E-state index in [0.29, 0.717) is 6.61 Å². The van der Waals surface area contributed by atoms with Crippen LogP contribution in [0.25, 0.3) is 0 Å². The van der Waals surface area contributed by atoms with Crippen molar-refractivity contribution in [3.8, 4) is 11.8 Å². The molecule has 0 amide bonds. The van der Waals surface area contributed by atoms with Crippen LogP contribution >= 0.6 is 0 Å². The SMILES string of the molecule is CCOc1ccc(CC(C#N)CC)cc1. The van der Waals surface area contributed by atoms with Gasteiger partial charge in [-0.25, -0.2) is 0 Å². The van der Waals surface area contributed by atoms with Crippen LogP contribution in [0.4, 0.5) is 0 Å². The van der Waals surface area contributed by atoms with E-state index in [0.717, 1.165) is 18.6 Å². The molecule has 0 spiro atoms. The number of hydrogen-bond acceptors (Lipinski definition) is 2. The Morgan fingerprint density at radius 3 is 2.40 bits per heavy atom. The number of nitrogens with zero attached hydrogens (tertiary/aromatic N) is 1. The van der Waals surface area contributed by atoms with Gasteiger partial charge in [-0.05, 0) is 37.5 Å². The van der Waals surface area contributed by atoms with Gasteiger partial charge in [0.05, 0.1) is 18.6 Å². The van der Waals surface area contributed by atoms with Crippen LogP contribution in [-0.2, 0) is 6.42 Å². The summed E-state index contributed by atoms with van der Waals surface area (Å²) in [5.74, 6) is 1.02. The van der Waals surface area contributed by atoms with Gasteiger partial charge in [0.2, 0.25) is 0 Å². The molecule has 0 fully saturated rings. The minimum absolute atomic E-state index is 0.128. The molecule has 1 rings (SSSR count). The fourth-order valence-electron chi connectivity index (χ4n) is 1.45. The van der Waals surface area contributed by atoms with Gasteiger partial charge in [-0.15, -0.1) is 0 Å². The van der Waals surface area contributed by atoms with Gasteiger partial charge in [0, 0.05) is 0 Å². The van der Waals surface area contributed by atoms with Crippen LogP contribution in [-0.4, -0.2) is 6.61 Å². The fraction of sp³-hybridized carbons (Fsp3) is 0.462. The van der Waals surface area contributed by atoms with Crippen molar-refractivity contribution in [3.05, 3.63) is 29.8 Å². The van der Waals surface area contributed by atoms with Gasteiger partial charge < -0.3 is 4.74 Å². The Morgan fingerprint density at radius 1 is 1.27 bits per heavy atom. The summed E-state index contributed by atoms with van der Waals surface area (Å²) in [6.45, 7) is 4.70. The predicted octanol–water partition coefficient (Wildman–Crippen LogP) is 3.18. The summed E-state index contributed by atoms with van der Waals surface area (Å²) in [5, 5.41) is 8.85. The molecule has 0 aromatic heterocycles. The van der Waals surface area contributed by atoms with Crippen molar-refractivity contribution in [2.24, 2.45) is 5.92 Å². The molecule has 0 radical (unpaired) electrons. The summed E-state index contributed by atoms with van der Waals surface area (Å²) >= 11 is 0. The van der Waals surface area contributed by atoms with Crippen molar-refractivity contribution in [2.75, 3.05) is 6.61 Å². The summed E-state index contributed by atoms with van der Waals surface area (Å²) in [6.07, 6.45) is 1.74. The number of ether oxygens (including phenoxy) is 1. The molecule has 0 aliphatic heterocycles. The first-order chi connectivity index (χ1) is 7.30. The van der Waals surface area contributed by atoms with Gasteiger partial charge in [-0.3, -0.25) is 0 Å². The molecular formula is C13H17NO. The molecule has 0 bridgehead atoms. The van der Waals surface area contributed by atoms with Crippen LogP contribution in [0.15, 0.2) is 24.3 Å². The standard InChI is InChI=1S/C13H17NO/c1-3-11(10-14)9-12-5-7-13(8-6-12)15-4-2/h5-8,11H,3-4,9H2,1-2H3. The van der Waals surface area contributed by atoms with Crippen molar-refractivity contribution < 1.29 is 4.74 Å². The lowest BCUT2D eigenvalue weighted by Gasteiger charge is -2.07. The lowest BCUT2D eigenvalue weighted by Crippen LogP contribution is -2.00. The summed E-state index contributed by atoms with van der Waals surface area (Å²) in [7, 11) is 0. The number of nitriles is 1. The third-order valence-corrected chi connectivity index (χ3v) is 2.39. The molecule has 15 heavy (non-hydrogen) atoms. The Bertz CT molecular complexity index is 323. The average Bonchev–Trinajstić information content (AvgIpc) is 2.28.